The third-order valence-corrected chi connectivity index (χ3v) is 23.5. The quantitative estimate of drug-likeness (QED) is 0.0195. The minimum absolute atomic E-state index is 0.0251. The van der Waals surface area contributed by atoms with E-state index >= 15 is 0 Å². The van der Waals surface area contributed by atoms with Gasteiger partial charge >= 0.3 is 11.9 Å². The standard InChI is InChI=1S/C95H188NO8P/c1-6-8-10-12-14-16-18-20-22-24-26-28-30-32-34-36-38-40-42-44-46-48-50-52-54-56-58-60-62-64-66-68-70-72-74-76-78-80-82-84-86-88-95(98)104-93(92-103-105(99,100)102-90-89-96(3,4)5)91-101-94(97)87-85-83-81-79-77-75-73-71-69-67-65-63-61-59-57-55-53-51-49-47-45-43-41-39-37-35-33-31-29-27-25-23-21-19-17-15-13-11-9-7-2/h24,26,93H,6-23,25,27-92H2,1-5H3/b26-24-. The fourth-order valence-electron chi connectivity index (χ4n) is 15.3. The molecule has 0 heterocycles. The highest BCUT2D eigenvalue weighted by Gasteiger charge is 2.22. The van der Waals surface area contributed by atoms with Crippen molar-refractivity contribution in [2.24, 2.45) is 0 Å². The molecule has 0 amide bonds. The van der Waals surface area contributed by atoms with Crippen LogP contribution in [0.25, 0.3) is 0 Å². The van der Waals surface area contributed by atoms with E-state index in [1.807, 2.05) is 21.1 Å². The van der Waals surface area contributed by atoms with Crippen molar-refractivity contribution in [3.8, 4) is 0 Å². The van der Waals surface area contributed by atoms with Crippen LogP contribution in [0.2, 0.25) is 0 Å². The predicted molar refractivity (Wildman–Crippen MR) is 458 cm³/mol. The number of nitrogens with zero attached hydrogens (tertiary/aromatic N) is 1. The van der Waals surface area contributed by atoms with Gasteiger partial charge in [-0.1, -0.05) is 495 Å². The van der Waals surface area contributed by atoms with Gasteiger partial charge in [0.1, 0.15) is 19.8 Å². The molecule has 0 radical (unpaired) electrons. The molecule has 9 nitrogen and oxygen atoms in total. The number of ether oxygens (including phenoxy) is 2. The molecule has 0 N–H and O–H groups in total. The van der Waals surface area contributed by atoms with Crippen LogP contribution in [-0.4, -0.2) is 70.0 Å². The summed E-state index contributed by atoms with van der Waals surface area (Å²) in [7, 11) is 1.20. The molecule has 0 rings (SSSR count). The number of unbranched alkanes of at least 4 members (excludes halogenated alkanes) is 76. The highest BCUT2D eigenvalue weighted by molar-refractivity contribution is 7.45. The van der Waals surface area contributed by atoms with Gasteiger partial charge in [-0.05, 0) is 38.5 Å². The largest absolute Gasteiger partial charge is 0.756 e. The molecule has 0 spiro atoms. The number of phosphoric ester groups is 1. The summed E-state index contributed by atoms with van der Waals surface area (Å²) in [6.07, 6.45) is 113. The second kappa shape index (κ2) is 86.7. The van der Waals surface area contributed by atoms with Crippen molar-refractivity contribution in [3.05, 3.63) is 12.2 Å². The summed E-state index contributed by atoms with van der Waals surface area (Å²) in [5, 5.41) is 0. The molecule has 0 aromatic carbocycles. The van der Waals surface area contributed by atoms with Gasteiger partial charge < -0.3 is 27.9 Å². The monoisotopic (exact) mass is 1500 g/mol. The van der Waals surface area contributed by atoms with Gasteiger partial charge in [-0.3, -0.25) is 14.2 Å². The zero-order chi connectivity index (χ0) is 76.1. The van der Waals surface area contributed by atoms with Crippen LogP contribution in [0.15, 0.2) is 12.2 Å². The molecule has 0 saturated heterocycles. The molecule has 105 heavy (non-hydrogen) atoms. The van der Waals surface area contributed by atoms with Crippen molar-refractivity contribution in [3.63, 3.8) is 0 Å². The van der Waals surface area contributed by atoms with E-state index < -0.39 is 26.5 Å². The number of likely N-dealkylation sites (N-methyl/N-ethyl adjacent to an activating group) is 1. The molecule has 2 unspecified atom stereocenters. The lowest BCUT2D eigenvalue weighted by Gasteiger charge is -2.28. The molecule has 10 heteroatoms. The molecule has 0 aromatic rings. The Morgan fingerprint density at radius 1 is 0.286 bits per heavy atom. The zero-order valence-corrected chi connectivity index (χ0v) is 72.9. The Labute approximate surface area is 657 Å². The lowest BCUT2D eigenvalue weighted by molar-refractivity contribution is -0.870. The second-order valence-corrected chi connectivity index (χ2v) is 35.9. The van der Waals surface area contributed by atoms with Gasteiger partial charge in [-0.2, -0.15) is 0 Å². The van der Waals surface area contributed by atoms with Gasteiger partial charge in [0.15, 0.2) is 6.10 Å². The van der Waals surface area contributed by atoms with Crippen molar-refractivity contribution < 1.29 is 42.1 Å². The fourth-order valence-corrected chi connectivity index (χ4v) is 16.0. The summed E-state index contributed by atoms with van der Waals surface area (Å²) in [5.41, 5.74) is 0. The van der Waals surface area contributed by atoms with Crippen LogP contribution in [0.3, 0.4) is 0 Å². The smallest absolute Gasteiger partial charge is 0.306 e. The number of allylic oxidation sites excluding steroid dienone is 2. The van der Waals surface area contributed by atoms with E-state index in [-0.39, 0.29) is 32.0 Å². The molecule has 0 aliphatic rings. The Bertz CT molecular complexity index is 1770. The lowest BCUT2D eigenvalue weighted by Crippen LogP contribution is -2.37. The highest BCUT2D eigenvalue weighted by atomic mass is 31.2. The molecule has 0 aliphatic carbocycles. The van der Waals surface area contributed by atoms with Gasteiger partial charge in [-0.15, -0.1) is 0 Å². The summed E-state index contributed by atoms with van der Waals surface area (Å²) >= 11 is 0. The Balaban J connectivity index is 3.79. The van der Waals surface area contributed by atoms with E-state index in [0.717, 1.165) is 32.1 Å². The van der Waals surface area contributed by atoms with Crippen molar-refractivity contribution in [2.75, 3.05) is 47.5 Å². The van der Waals surface area contributed by atoms with Crippen LogP contribution in [-0.2, 0) is 32.7 Å². The molecule has 2 atom stereocenters. The maximum atomic E-state index is 12.9. The summed E-state index contributed by atoms with van der Waals surface area (Å²) in [6.45, 7) is 4.35. The molecule has 0 aliphatic heterocycles. The third kappa shape index (κ3) is 91.5. The number of phosphoric acid groups is 1. The molecule has 0 saturated carbocycles. The van der Waals surface area contributed by atoms with E-state index in [4.69, 9.17) is 18.5 Å². The Kier molecular flexibility index (Phi) is 85.7. The first-order valence-electron chi connectivity index (χ1n) is 47.9. The van der Waals surface area contributed by atoms with Crippen LogP contribution in [0, 0.1) is 0 Å². The number of esters is 2. The van der Waals surface area contributed by atoms with Crippen molar-refractivity contribution in [1.82, 2.24) is 0 Å². The van der Waals surface area contributed by atoms with Crippen molar-refractivity contribution in [1.29, 1.82) is 0 Å². The van der Waals surface area contributed by atoms with Gasteiger partial charge in [0.2, 0.25) is 0 Å². The molecule has 0 aromatic heterocycles. The molecule has 0 fully saturated rings. The normalized spacial score (nSPS) is 12.9. The minimum atomic E-state index is -4.64. The topological polar surface area (TPSA) is 111 Å². The SMILES string of the molecule is CCCCCCCCCC/C=C\CCCCCCCCCCCCCCCCCCCCCCCCCCCCCCCC(=O)OC(COC(=O)CCCCCCCCCCCCCCCCCCCCCCCCCCCCCCCCCCCCCCCCCC)COP(=O)([O-])OCC[N+](C)(C)C. The number of carbonyl (C=O) groups excluding carboxylic acids is 2. The molecular formula is C95H188NO8P. The summed E-state index contributed by atoms with van der Waals surface area (Å²) in [4.78, 5) is 38.3. The summed E-state index contributed by atoms with van der Waals surface area (Å²) in [6, 6.07) is 0. The van der Waals surface area contributed by atoms with Crippen LogP contribution < -0.4 is 4.89 Å². The van der Waals surface area contributed by atoms with Crippen LogP contribution in [0.4, 0.5) is 0 Å². The number of quaternary nitrogens is 1. The number of carbonyl (C=O) groups is 2. The minimum Gasteiger partial charge on any atom is -0.756 e. The first-order valence-corrected chi connectivity index (χ1v) is 49.4. The number of rotatable bonds is 92. The highest BCUT2D eigenvalue weighted by Crippen LogP contribution is 2.38. The van der Waals surface area contributed by atoms with Gasteiger partial charge in [0.25, 0.3) is 7.82 Å². The van der Waals surface area contributed by atoms with Gasteiger partial charge in [0, 0.05) is 12.8 Å². The predicted octanol–water partition coefficient (Wildman–Crippen LogP) is 31.8. The number of hydrogen-bond acceptors (Lipinski definition) is 8. The molecule has 0 bridgehead atoms. The van der Waals surface area contributed by atoms with Crippen LogP contribution in [0.1, 0.15) is 534 Å². The maximum absolute atomic E-state index is 12.9. The number of hydrogen-bond donors (Lipinski definition) is 0. The summed E-state index contributed by atoms with van der Waals surface area (Å²) < 4.78 is 34.5. The molecular weight excluding hydrogens is 1310 g/mol. The van der Waals surface area contributed by atoms with Gasteiger partial charge in [0.05, 0.1) is 27.7 Å². The van der Waals surface area contributed by atoms with E-state index in [0.29, 0.717) is 17.4 Å². The maximum Gasteiger partial charge on any atom is 0.306 e. The van der Waals surface area contributed by atoms with E-state index in [9.17, 15) is 19.0 Å². The third-order valence-electron chi connectivity index (χ3n) is 22.5. The second-order valence-electron chi connectivity index (χ2n) is 34.5. The Hall–Kier alpha value is -1.25. The average molecular weight is 1500 g/mol. The van der Waals surface area contributed by atoms with Crippen molar-refractivity contribution >= 4 is 19.8 Å². The fraction of sp³-hybridized carbons (Fsp3) is 0.958. The Morgan fingerprint density at radius 3 is 0.705 bits per heavy atom. The average Bonchev–Trinajstić information content (AvgIpc) is 0.935. The Morgan fingerprint density at radius 2 is 0.486 bits per heavy atom. The summed E-state index contributed by atoms with van der Waals surface area (Å²) in [5.74, 6) is -0.798. The van der Waals surface area contributed by atoms with Gasteiger partial charge in [-0.25, -0.2) is 0 Å². The first-order chi connectivity index (χ1) is 51.5. The van der Waals surface area contributed by atoms with E-state index in [1.54, 1.807) is 0 Å². The zero-order valence-electron chi connectivity index (χ0n) is 72.0. The molecule has 626 valence electrons. The first kappa shape index (κ1) is 104. The van der Waals surface area contributed by atoms with Crippen LogP contribution in [0.5, 0.6) is 0 Å². The van der Waals surface area contributed by atoms with E-state index in [2.05, 4.69) is 26.0 Å². The van der Waals surface area contributed by atoms with Crippen LogP contribution >= 0.6 is 7.82 Å². The van der Waals surface area contributed by atoms with E-state index in [1.165, 1.54) is 469 Å². The van der Waals surface area contributed by atoms with Crippen molar-refractivity contribution in [2.45, 2.75) is 540 Å². The lowest BCUT2D eigenvalue weighted by atomic mass is 10.0.